The van der Waals surface area contributed by atoms with Crippen LogP contribution in [0.4, 0.5) is 5.69 Å². The number of benzene rings is 1. The molecule has 0 saturated carbocycles. The van der Waals surface area contributed by atoms with E-state index in [-0.39, 0.29) is 10.7 Å². The van der Waals surface area contributed by atoms with Crippen LogP contribution >= 0.6 is 0 Å². The Kier molecular flexibility index (Phi) is 5.15. The van der Waals surface area contributed by atoms with Gasteiger partial charge < -0.3 is 9.73 Å². The minimum Gasteiger partial charge on any atom is -0.456 e. The van der Waals surface area contributed by atoms with Crippen LogP contribution in [0.5, 0.6) is 0 Å². The molecule has 1 aromatic carbocycles. The average molecular weight is 350 g/mol. The maximum absolute atomic E-state index is 12.4. The molecule has 0 unspecified atom stereocenters. The van der Waals surface area contributed by atoms with Gasteiger partial charge in [0.05, 0.1) is 4.90 Å². The van der Waals surface area contributed by atoms with Crippen molar-refractivity contribution in [3.63, 3.8) is 0 Å². The second-order valence-electron chi connectivity index (χ2n) is 6.46. The lowest BCUT2D eigenvalue weighted by molar-refractivity contribution is 0.0995. The molecular weight excluding hydrogens is 328 g/mol. The first-order valence-electron chi connectivity index (χ1n) is 7.65. The van der Waals surface area contributed by atoms with E-state index in [1.165, 1.54) is 12.1 Å². The Labute approximate surface area is 142 Å². The molecule has 24 heavy (non-hydrogen) atoms. The first-order valence-corrected chi connectivity index (χ1v) is 9.13. The SMILES string of the molecule is CCc1ccc(C(=O)Nc2cccc(S(=O)(=O)NC(C)(C)C)c2)o1. The minimum absolute atomic E-state index is 0.0870. The molecule has 0 atom stereocenters. The van der Waals surface area contributed by atoms with Gasteiger partial charge in [0.1, 0.15) is 5.76 Å². The first-order chi connectivity index (χ1) is 11.1. The molecule has 130 valence electrons. The number of rotatable bonds is 5. The van der Waals surface area contributed by atoms with Crippen LogP contribution in [-0.2, 0) is 16.4 Å². The number of amides is 1. The summed E-state index contributed by atoms with van der Waals surface area (Å²) in [6, 6.07) is 9.42. The van der Waals surface area contributed by atoms with Crippen LogP contribution in [0.2, 0.25) is 0 Å². The summed E-state index contributed by atoms with van der Waals surface area (Å²) < 4.78 is 32.7. The van der Waals surface area contributed by atoms with Crippen molar-refractivity contribution in [1.29, 1.82) is 0 Å². The van der Waals surface area contributed by atoms with E-state index in [4.69, 9.17) is 4.42 Å². The Morgan fingerprint density at radius 2 is 1.88 bits per heavy atom. The molecule has 1 aromatic heterocycles. The molecule has 2 N–H and O–H groups in total. The first kappa shape index (κ1) is 18.2. The molecule has 2 rings (SSSR count). The van der Waals surface area contributed by atoms with E-state index in [1.54, 1.807) is 45.0 Å². The van der Waals surface area contributed by atoms with Crippen LogP contribution in [0.1, 0.15) is 44.0 Å². The van der Waals surface area contributed by atoms with Crippen molar-refractivity contribution >= 4 is 21.6 Å². The molecule has 1 heterocycles. The Morgan fingerprint density at radius 1 is 1.17 bits per heavy atom. The fourth-order valence-electron chi connectivity index (χ4n) is 2.09. The van der Waals surface area contributed by atoms with Gasteiger partial charge in [-0.15, -0.1) is 0 Å². The number of anilines is 1. The Hall–Kier alpha value is -2.12. The number of hydrogen-bond donors (Lipinski definition) is 2. The van der Waals surface area contributed by atoms with Crippen molar-refractivity contribution in [1.82, 2.24) is 4.72 Å². The molecule has 0 bridgehead atoms. The van der Waals surface area contributed by atoms with Gasteiger partial charge in [-0.1, -0.05) is 13.0 Å². The van der Waals surface area contributed by atoms with Gasteiger partial charge in [0.15, 0.2) is 5.76 Å². The molecule has 1 amide bonds. The quantitative estimate of drug-likeness (QED) is 0.867. The number of carbonyl (C=O) groups is 1. The van der Waals surface area contributed by atoms with Gasteiger partial charge in [-0.05, 0) is 51.1 Å². The zero-order chi connectivity index (χ0) is 18.0. The van der Waals surface area contributed by atoms with Gasteiger partial charge in [-0.2, -0.15) is 0 Å². The molecular formula is C17H22N2O4S. The van der Waals surface area contributed by atoms with Gasteiger partial charge in [0, 0.05) is 17.6 Å². The highest BCUT2D eigenvalue weighted by molar-refractivity contribution is 7.89. The van der Waals surface area contributed by atoms with Crippen LogP contribution < -0.4 is 10.0 Å². The third-order valence-corrected chi connectivity index (χ3v) is 4.83. The van der Waals surface area contributed by atoms with Crippen molar-refractivity contribution in [3.8, 4) is 0 Å². The molecule has 0 aliphatic heterocycles. The molecule has 0 spiro atoms. The summed E-state index contributed by atoms with van der Waals surface area (Å²) in [5.74, 6) is 0.479. The summed E-state index contributed by atoms with van der Waals surface area (Å²) in [6.45, 7) is 7.21. The third kappa shape index (κ3) is 4.69. The van der Waals surface area contributed by atoms with Gasteiger partial charge in [-0.25, -0.2) is 13.1 Å². The van der Waals surface area contributed by atoms with Crippen LogP contribution in [0.15, 0.2) is 45.7 Å². The van der Waals surface area contributed by atoms with Crippen LogP contribution in [0.3, 0.4) is 0 Å². The van der Waals surface area contributed by atoms with E-state index in [9.17, 15) is 13.2 Å². The monoisotopic (exact) mass is 350 g/mol. The van der Waals surface area contributed by atoms with Crippen molar-refractivity contribution < 1.29 is 17.6 Å². The van der Waals surface area contributed by atoms with Crippen LogP contribution in [-0.4, -0.2) is 19.9 Å². The second-order valence-corrected chi connectivity index (χ2v) is 8.14. The van der Waals surface area contributed by atoms with Gasteiger partial charge in [-0.3, -0.25) is 4.79 Å². The summed E-state index contributed by atoms with van der Waals surface area (Å²) in [6.07, 6.45) is 0.694. The number of hydrogen-bond acceptors (Lipinski definition) is 4. The standard InChI is InChI=1S/C17H22N2O4S/c1-5-13-9-10-15(23-13)16(20)18-12-7-6-8-14(11-12)24(21,22)19-17(2,3)4/h6-11,19H,5H2,1-4H3,(H,18,20). The number of carbonyl (C=O) groups excluding carboxylic acids is 1. The largest absolute Gasteiger partial charge is 0.456 e. The van der Waals surface area contributed by atoms with Crippen molar-refractivity contribution in [2.45, 2.75) is 44.6 Å². The molecule has 2 aromatic rings. The smallest absolute Gasteiger partial charge is 0.291 e. The summed E-state index contributed by atoms with van der Waals surface area (Å²) in [5.41, 5.74) is -0.214. The fraction of sp³-hybridized carbons (Fsp3) is 0.353. The predicted octanol–water partition coefficient (Wildman–Crippen LogP) is 3.17. The average Bonchev–Trinajstić information content (AvgIpc) is 2.94. The molecule has 0 aliphatic carbocycles. The zero-order valence-corrected chi connectivity index (χ0v) is 15.0. The van der Waals surface area contributed by atoms with Gasteiger partial charge >= 0.3 is 0 Å². The van der Waals surface area contributed by atoms with E-state index in [0.29, 0.717) is 17.9 Å². The summed E-state index contributed by atoms with van der Waals surface area (Å²) in [7, 11) is -3.67. The van der Waals surface area contributed by atoms with Crippen molar-refractivity contribution in [2.75, 3.05) is 5.32 Å². The molecule has 0 saturated heterocycles. The van der Waals surface area contributed by atoms with Gasteiger partial charge in [0.2, 0.25) is 10.0 Å². The van der Waals surface area contributed by atoms with Gasteiger partial charge in [0.25, 0.3) is 5.91 Å². The molecule has 7 heteroatoms. The highest BCUT2D eigenvalue weighted by atomic mass is 32.2. The number of sulfonamides is 1. The topological polar surface area (TPSA) is 88.4 Å². The summed E-state index contributed by atoms with van der Waals surface area (Å²) in [4.78, 5) is 12.3. The van der Waals surface area contributed by atoms with Crippen LogP contribution in [0, 0.1) is 0 Å². The highest BCUT2D eigenvalue weighted by Gasteiger charge is 2.22. The Morgan fingerprint density at radius 3 is 2.46 bits per heavy atom. The van der Waals surface area contributed by atoms with E-state index in [2.05, 4.69) is 10.0 Å². The molecule has 0 aliphatic rings. The van der Waals surface area contributed by atoms with E-state index in [0.717, 1.165) is 0 Å². The van der Waals surface area contributed by atoms with Crippen LogP contribution in [0.25, 0.3) is 0 Å². The Balaban J connectivity index is 2.20. The minimum atomic E-state index is -3.67. The van der Waals surface area contributed by atoms with Crippen molar-refractivity contribution in [3.05, 3.63) is 47.9 Å². The molecule has 0 fully saturated rings. The molecule has 0 radical (unpaired) electrons. The second kappa shape index (κ2) is 6.78. The normalized spacial score (nSPS) is 12.2. The third-order valence-electron chi connectivity index (χ3n) is 3.08. The predicted molar refractivity (Wildman–Crippen MR) is 92.6 cm³/mol. The lowest BCUT2D eigenvalue weighted by Gasteiger charge is -2.20. The maximum Gasteiger partial charge on any atom is 0.291 e. The molecule has 6 nitrogen and oxygen atoms in total. The highest BCUT2D eigenvalue weighted by Crippen LogP contribution is 2.18. The zero-order valence-electron chi connectivity index (χ0n) is 14.2. The number of aryl methyl sites for hydroxylation is 1. The fourth-order valence-corrected chi connectivity index (χ4v) is 3.55. The van der Waals surface area contributed by atoms with E-state index in [1.807, 2.05) is 6.92 Å². The summed E-state index contributed by atoms with van der Waals surface area (Å²) in [5, 5.41) is 2.65. The Bertz CT molecular complexity index is 832. The lowest BCUT2D eigenvalue weighted by atomic mass is 10.1. The lowest BCUT2D eigenvalue weighted by Crippen LogP contribution is -2.40. The van der Waals surface area contributed by atoms with E-state index >= 15 is 0 Å². The van der Waals surface area contributed by atoms with E-state index < -0.39 is 21.5 Å². The number of nitrogens with one attached hydrogen (secondary N) is 2. The number of furan rings is 1. The summed E-state index contributed by atoms with van der Waals surface area (Å²) >= 11 is 0. The van der Waals surface area contributed by atoms with Crippen molar-refractivity contribution in [2.24, 2.45) is 0 Å². The maximum atomic E-state index is 12.4.